The van der Waals surface area contributed by atoms with Gasteiger partial charge in [0.1, 0.15) is 16.0 Å². The molecule has 3 nitrogen and oxygen atoms in total. The van der Waals surface area contributed by atoms with Crippen LogP contribution in [0.15, 0.2) is 10.5 Å². The molecule has 1 saturated carbocycles. The largest absolute Gasteiger partial charge is 0.495 e. The van der Waals surface area contributed by atoms with Crippen molar-refractivity contribution in [2.24, 2.45) is 5.73 Å². The highest BCUT2D eigenvalue weighted by molar-refractivity contribution is 9.10. The Kier molecular flexibility index (Phi) is 5.55. The van der Waals surface area contributed by atoms with Crippen molar-refractivity contribution in [1.82, 2.24) is 0 Å². The molecule has 0 saturated heterocycles. The molecule has 4 heteroatoms. The molecule has 1 aliphatic carbocycles. The molecule has 21 heavy (non-hydrogen) atoms. The molecule has 0 radical (unpaired) electrons. The summed E-state index contributed by atoms with van der Waals surface area (Å²) in [6.07, 6.45) is 7.00. The Morgan fingerprint density at radius 3 is 2.24 bits per heavy atom. The number of ether oxygens (including phenoxy) is 2. The lowest BCUT2D eigenvalue weighted by molar-refractivity contribution is 0.285. The van der Waals surface area contributed by atoms with Gasteiger partial charge in [0, 0.05) is 17.5 Å². The third-order valence-electron chi connectivity index (χ3n) is 4.82. The first-order chi connectivity index (χ1) is 10.1. The number of benzene rings is 1. The molecule has 1 aromatic carbocycles. The lowest BCUT2D eigenvalue weighted by Gasteiger charge is -2.38. The van der Waals surface area contributed by atoms with Gasteiger partial charge in [0.15, 0.2) is 0 Å². The van der Waals surface area contributed by atoms with E-state index in [9.17, 15) is 0 Å². The van der Waals surface area contributed by atoms with Crippen LogP contribution in [-0.4, -0.2) is 20.8 Å². The second-order valence-electron chi connectivity index (χ2n) is 5.86. The summed E-state index contributed by atoms with van der Waals surface area (Å²) in [5.41, 5.74) is 8.70. The number of halogens is 1. The van der Waals surface area contributed by atoms with Crippen molar-refractivity contribution in [2.45, 2.75) is 50.9 Å². The smallest absolute Gasteiger partial charge is 0.140 e. The first-order valence-corrected chi connectivity index (χ1v) is 8.56. The SMILES string of the molecule is CCc1cc(C2(CN)CCCCC2)c(OC)c(Br)c1OC. The molecule has 0 atom stereocenters. The lowest BCUT2D eigenvalue weighted by atomic mass is 9.68. The van der Waals surface area contributed by atoms with Crippen molar-refractivity contribution in [1.29, 1.82) is 0 Å². The van der Waals surface area contributed by atoms with E-state index in [1.54, 1.807) is 14.2 Å². The normalized spacial score (nSPS) is 17.6. The summed E-state index contributed by atoms with van der Waals surface area (Å²) in [5.74, 6) is 1.76. The second-order valence-corrected chi connectivity index (χ2v) is 6.66. The van der Waals surface area contributed by atoms with Crippen LogP contribution in [0.5, 0.6) is 11.5 Å². The van der Waals surface area contributed by atoms with Crippen molar-refractivity contribution in [3.05, 3.63) is 21.7 Å². The van der Waals surface area contributed by atoms with E-state index in [1.165, 1.54) is 30.4 Å². The molecule has 0 spiro atoms. The monoisotopic (exact) mass is 355 g/mol. The fraction of sp³-hybridized carbons (Fsp3) is 0.647. The van der Waals surface area contributed by atoms with E-state index >= 15 is 0 Å². The van der Waals surface area contributed by atoms with Crippen molar-refractivity contribution >= 4 is 15.9 Å². The van der Waals surface area contributed by atoms with Gasteiger partial charge in [-0.05, 0) is 46.8 Å². The third-order valence-corrected chi connectivity index (χ3v) is 5.54. The molecule has 2 N–H and O–H groups in total. The van der Waals surface area contributed by atoms with Gasteiger partial charge in [0.05, 0.1) is 14.2 Å². The van der Waals surface area contributed by atoms with Crippen LogP contribution < -0.4 is 15.2 Å². The van der Waals surface area contributed by atoms with E-state index in [0.717, 1.165) is 35.2 Å². The quantitative estimate of drug-likeness (QED) is 0.860. The number of aryl methyl sites for hydroxylation is 1. The number of hydrogen-bond acceptors (Lipinski definition) is 3. The van der Waals surface area contributed by atoms with E-state index < -0.39 is 0 Å². The maximum atomic E-state index is 6.20. The van der Waals surface area contributed by atoms with Gasteiger partial charge in [-0.3, -0.25) is 0 Å². The fourth-order valence-corrected chi connectivity index (χ4v) is 4.35. The van der Waals surface area contributed by atoms with Gasteiger partial charge in [-0.1, -0.05) is 26.2 Å². The van der Waals surface area contributed by atoms with E-state index in [1.807, 2.05) is 0 Å². The maximum absolute atomic E-state index is 6.20. The lowest BCUT2D eigenvalue weighted by Crippen LogP contribution is -2.37. The van der Waals surface area contributed by atoms with Gasteiger partial charge in [0.25, 0.3) is 0 Å². The van der Waals surface area contributed by atoms with Crippen molar-refractivity contribution in [2.75, 3.05) is 20.8 Å². The van der Waals surface area contributed by atoms with E-state index in [0.29, 0.717) is 6.54 Å². The molecule has 0 aliphatic heterocycles. The predicted molar refractivity (Wildman–Crippen MR) is 90.4 cm³/mol. The summed E-state index contributed by atoms with van der Waals surface area (Å²) in [7, 11) is 3.43. The van der Waals surface area contributed by atoms with E-state index in [4.69, 9.17) is 15.2 Å². The van der Waals surface area contributed by atoms with Crippen LogP contribution >= 0.6 is 15.9 Å². The second kappa shape index (κ2) is 7.01. The zero-order valence-electron chi connectivity index (χ0n) is 13.3. The van der Waals surface area contributed by atoms with Gasteiger partial charge < -0.3 is 15.2 Å². The van der Waals surface area contributed by atoms with Crippen LogP contribution in [0.3, 0.4) is 0 Å². The van der Waals surface area contributed by atoms with Crippen LogP contribution in [-0.2, 0) is 11.8 Å². The highest BCUT2D eigenvalue weighted by Crippen LogP contribution is 2.49. The molecule has 2 rings (SSSR count). The summed E-state index contributed by atoms with van der Waals surface area (Å²) in [5, 5.41) is 0. The molecule has 0 unspecified atom stereocenters. The van der Waals surface area contributed by atoms with Gasteiger partial charge >= 0.3 is 0 Å². The van der Waals surface area contributed by atoms with Crippen molar-refractivity contribution in [3.63, 3.8) is 0 Å². The minimum Gasteiger partial charge on any atom is -0.495 e. The Morgan fingerprint density at radius 1 is 1.14 bits per heavy atom. The topological polar surface area (TPSA) is 44.5 Å². The van der Waals surface area contributed by atoms with Gasteiger partial charge in [0.2, 0.25) is 0 Å². The predicted octanol–water partition coefficient (Wildman–Crippen LogP) is 4.19. The number of hydrogen-bond donors (Lipinski definition) is 1. The molecule has 0 aromatic heterocycles. The third kappa shape index (κ3) is 2.93. The average molecular weight is 356 g/mol. The molecule has 0 bridgehead atoms. The Hall–Kier alpha value is -0.740. The molecule has 1 fully saturated rings. The number of methoxy groups -OCH3 is 2. The van der Waals surface area contributed by atoms with Crippen LogP contribution in [0.2, 0.25) is 0 Å². The van der Waals surface area contributed by atoms with Crippen molar-refractivity contribution in [3.8, 4) is 11.5 Å². The summed E-state index contributed by atoms with van der Waals surface area (Å²) in [6.45, 7) is 2.82. The van der Waals surface area contributed by atoms with Crippen LogP contribution in [0.25, 0.3) is 0 Å². The van der Waals surface area contributed by atoms with Crippen molar-refractivity contribution < 1.29 is 9.47 Å². The number of rotatable bonds is 5. The first kappa shape index (κ1) is 16.6. The molecule has 0 heterocycles. The van der Waals surface area contributed by atoms with Crippen LogP contribution in [0, 0.1) is 0 Å². The van der Waals surface area contributed by atoms with Gasteiger partial charge in [-0.2, -0.15) is 0 Å². The minimum absolute atomic E-state index is 0.0440. The van der Waals surface area contributed by atoms with Gasteiger partial charge in [-0.15, -0.1) is 0 Å². The van der Waals surface area contributed by atoms with Crippen LogP contribution in [0.1, 0.15) is 50.2 Å². The standard InChI is InChI=1S/C17H26BrNO2/c1-4-12-10-13(16(21-3)14(18)15(12)20-2)17(11-19)8-6-5-7-9-17/h10H,4-9,11,19H2,1-3H3. The fourth-order valence-electron chi connectivity index (χ4n) is 3.56. The average Bonchev–Trinajstić information content (AvgIpc) is 2.54. The maximum Gasteiger partial charge on any atom is 0.140 e. The Labute approximate surface area is 136 Å². The Balaban J connectivity index is 2.63. The minimum atomic E-state index is 0.0440. The van der Waals surface area contributed by atoms with Gasteiger partial charge in [-0.25, -0.2) is 0 Å². The highest BCUT2D eigenvalue weighted by atomic mass is 79.9. The molecular weight excluding hydrogens is 330 g/mol. The Morgan fingerprint density at radius 2 is 1.76 bits per heavy atom. The zero-order valence-corrected chi connectivity index (χ0v) is 14.9. The number of nitrogens with two attached hydrogens (primary N) is 1. The summed E-state index contributed by atoms with van der Waals surface area (Å²) < 4.78 is 12.2. The van der Waals surface area contributed by atoms with Crippen LogP contribution in [0.4, 0.5) is 0 Å². The van der Waals surface area contributed by atoms with E-state index in [2.05, 4.69) is 28.9 Å². The molecule has 1 aromatic rings. The Bertz CT molecular complexity index is 496. The molecule has 1 aliphatic rings. The molecule has 0 amide bonds. The van der Waals surface area contributed by atoms with E-state index in [-0.39, 0.29) is 5.41 Å². The zero-order chi connectivity index (χ0) is 15.5. The molecular formula is C17H26BrNO2. The molecule has 118 valence electrons. The summed E-state index contributed by atoms with van der Waals surface area (Å²) in [6, 6.07) is 2.25. The first-order valence-electron chi connectivity index (χ1n) is 7.77. The highest BCUT2D eigenvalue weighted by Gasteiger charge is 2.36. The summed E-state index contributed by atoms with van der Waals surface area (Å²) in [4.78, 5) is 0. The summed E-state index contributed by atoms with van der Waals surface area (Å²) >= 11 is 3.67.